The van der Waals surface area contributed by atoms with E-state index < -0.39 is 6.10 Å². The molecule has 0 fully saturated rings. The predicted molar refractivity (Wildman–Crippen MR) is 80.7 cm³/mol. The maximum atomic E-state index is 12.6. The summed E-state index contributed by atoms with van der Waals surface area (Å²) in [7, 11) is 0. The highest BCUT2D eigenvalue weighted by Crippen LogP contribution is 2.23. The van der Waals surface area contributed by atoms with Crippen LogP contribution in [0.25, 0.3) is 0 Å². The normalized spacial score (nSPS) is 12.3. The second-order valence-electron chi connectivity index (χ2n) is 5.25. The van der Waals surface area contributed by atoms with E-state index in [1.807, 2.05) is 60.7 Å². The number of rotatable bonds is 6. The van der Waals surface area contributed by atoms with E-state index >= 15 is 0 Å². The molecule has 0 spiro atoms. The van der Waals surface area contributed by atoms with Gasteiger partial charge in [-0.25, -0.2) is 0 Å². The summed E-state index contributed by atoms with van der Waals surface area (Å²) < 4.78 is 5.86. The maximum Gasteiger partial charge on any atom is 0.196 e. The van der Waals surface area contributed by atoms with Crippen LogP contribution >= 0.6 is 0 Å². The van der Waals surface area contributed by atoms with Gasteiger partial charge in [-0.2, -0.15) is 0 Å². The van der Waals surface area contributed by atoms with E-state index in [0.717, 1.165) is 5.56 Å². The fourth-order valence-electron chi connectivity index (χ4n) is 1.99. The van der Waals surface area contributed by atoms with Gasteiger partial charge in [0.2, 0.25) is 0 Å². The summed E-state index contributed by atoms with van der Waals surface area (Å²) in [5.41, 5.74) is 1.59. The smallest absolute Gasteiger partial charge is 0.196 e. The maximum absolute atomic E-state index is 12.6. The molecule has 0 amide bonds. The van der Waals surface area contributed by atoms with Crippen molar-refractivity contribution in [2.75, 3.05) is 6.61 Å². The first-order valence-corrected chi connectivity index (χ1v) is 6.94. The van der Waals surface area contributed by atoms with Crippen LogP contribution in [0.1, 0.15) is 35.9 Å². The van der Waals surface area contributed by atoms with Gasteiger partial charge in [0, 0.05) is 5.56 Å². The Morgan fingerprint density at radius 3 is 2.05 bits per heavy atom. The lowest BCUT2D eigenvalue weighted by molar-refractivity contribution is 0.0308. The number of Topliss-reactive ketones (excluding diaryl/α,β-unsaturated/α-hetero) is 1. The number of ketones is 1. The van der Waals surface area contributed by atoms with Gasteiger partial charge < -0.3 is 4.74 Å². The van der Waals surface area contributed by atoms with Crippen LogP contribution in [0.2, 0.25) is 0 Å². The molecular formula is C18H20O2. The van der Waals surface area contributed by atoms with Gasteiger partial charge in [0.15, 0.2) is 5.78 Å². The zero-order chi connectivity index (χ0) is 14.4. The summed E-state index contributed by atoms with van der Waals surface area (Å²) in [4.78, 5) is 12.6. The van der Waals surface area contributed by atoms with Crippen molar-refractivity contribution in [3.05, 3.63) is 71.8 Å². The van der Waals surface area contributed by atoms with Crippen molar-refractivity contribution in [3.8, 4) is 0 Å². The van der Waals surface area contributed by atoms with E-state index in [1.54, 1.807) is 0 Å². The van der Waals surface area contributed by atoms with E-state index in [2.05, 4.69) is 13.8 Å². The Balaban J connectivity index is 2.25. The summed E-state index contributed by atoms with van der Waals surface area (Å²) in [6.45, 7) is 4.72. The number of hydrogen-bond acceptors (Lipinski definition) is 2. The number of benzene rings is 2. The molecule has 0 heterocycles. The van der Waals surface area contributed by atoms with E-state index in [9.17, 15) is 4.79 Å². The number of carbonyl (C=O) groups excluding carboxylic acids is 1. The SMILES string of the molecule is CC(C)COC(C(=O)c1ccccc1)c1ccccc1. The topological polar surface area (TPSA) is 26.3 Å². The molecule has 1 unspecified atom stereocenters. The van der Waals surface area contributed by atoms with Crippen LogP contribution in [0.3, 0.4) is 0 Å². The van der Waals surface area contributed by atoms with Crippen molar-refractivity contribution in [1.82, 2.24) is 0 Å². The summed E-state index contributed by atoms with van der Waals surface area (Å²) >= 11 is 0. The molecule has 2 heteroatoms. The Morgan fingerprint density at radius 2 is 1.50 bits per heavy atom. The molecule has 1 atom stereocenters. The summed E-state index contributed by atoms with van der Waals surface area (Å²) in [5.74, 6) is 0.405. The van der Waals surface area contributed by atoms with Crippen LogP contribution in [0.5, 0.6) is 0 Å². The minimum absolute atomic E-state index is 0.0115. The van der Waals surface area contributed by atoms with Crippen molar-refractivity contribution >= 4 is 5.78 Å². The number of ether oxygens (including phenoxy) is 1. The molecular weight excluding hydrogens is 248 g/mol. The minimum Gasteiger partial charge on any atom is -0.365 e. The molecule has 2 aromatic carbocycles. The third kappa shape index (κ3) is 3.78. The Morgan fingerprint density at radius 1 is 0.950 bits per heavy atom. The van der Waals surface area contributed by atoms with Gasteiger partial charge >= 0.3 is 0 Å². The summed E-state index contributed by atoms with van der Waals surface area (Å²) in [5, 5.41) is 0. The highest BCUT2D eigenvalue weighted by atomic mass is 16.5. The van der Waals surface area contributed by atoms with E-state index in [4.69, 9.17) is 4.74 Å². The van der Waals surface area contributed by atoms with Crippen molar-refractivity contribution in [2.24, 2.45) is 5.92 Å². The minimum atomic E-state index is -0.527. The standard InChI is InChI=1S/C18H20O2/c1-14(2)13-20-18(16-11-7-4-8-12-16)17(19)15-9-5-3-6-10-15/h3-12,14,18H,13H2,1-2H3. The van der Waals surface area contributed by atoms with Gasteiger partial charge in [-0.1, -0.05) is 74.5 Å². The monoisotopic (exact) mass is 268 g/mol. The van der Waals surface area contributed by atoms with Gasteiger partial charge in [-0.05, 0) is 11.5 Å². The van der Waals surface area contributed by atoms with Crippen molar-refractivity contribution in [3.63, 3.8) is 0 Å². The first kappa shape index (κ1) is 14.5. The van der Waals surface area contributed by atoms with Crippen LogP contribution in [0.4, 0.5) is 0 Å². The van der Waals surface area contributed by atoms with Crippen molar-refractivity contribution < 1.29 is 9.53 Å². The van der Waals surface area contributed by atoms with E-state index in [1.165, 1.54) is 0 Å². The molecule has 0 aliphatic heterocycles. The van der Waals surface area contributed by atoms with Gasteiger partial charge in [0.25, 0.3) is 0 Å². The first-order valence-electron chi connectivity index (χ1n) is 6.94. The lowest BCUT2D eigenvalue weighted by atomic mass is 10.00. The van der Waals surface area contributed by atoms with Gasteiger partial charge in [0.1, 0.15) is 6.10 Å². The zero-order valence-electron chi connectivity index (χ0n) is 12.0. The Hall–Kier alpha value is -1.93. The molecule has 0 saturated carbocycles. The molecule has 20 heavy (non-hydrogen) atoms. The molecule has 0 saturated heterocycles. The fraction of sp³-hybridized carbons (Fsp3) is 0.278. The van der Waals surface area contributed by atoms with Crippen LogP contribution in [-0.2, 0) is 4.74 Å². The van der Waals surface area contributed by atoms with Crippen molar-refractivity contribution in [2.45, 2.75) is 20.0 Å². The first-order chi connectivity index (χ1) is 9.68. The molecule has 0 aliphatic rings. The van der Waals surface area contributed by atoms with Gasteiger partial charge in [0.05, 0.1) is 6.61 Å². The van der Waals surface area contributed by atoms with Crippen LogP contribution in [-0.4, -0.2) is 12.4 Å². The highest BCUT2D eigenvalue weighted by Gasteiger charge is 2.22. The highest BCUT2D eigenvalue weighted by molar-refractivity contribution is 6.00. The predicted octanol–water partition coefficient (Wildman–Crippen LogP) is 4.28. The second-order valence-corrected chi connectivity index (χ2v) is 5.25. The van der Waals surface area contributed by atoms with Crippen molar-refractivity contribution in [1.29, 1.82) is 0 Å². The van der Waals surface area contributed by atoms with E-state index in [0.29, 0.717) is 18.1 Å². The molecule has 2 rings (SSSR count). The molecule has 0 aromatic heterocycles. The second kappa shape index (κ2) is 7.01. The third-order valence-corrected chi connectivity index (χ3v) is 2.99. The average Bonchev–Trinajstić information content (AvgIpc) is 2.49. The Kier molecular flexibility index (Phi) is 5.08. The molecule has 0 bridgehead atoms. The molecule has 104 valence electrons. The molecule has 2 nitrogen and oxygen atoms in total. The molecule has 0 N–H and O–H groups in total. The van der Waals surface area contributed by atoms with Gasteiger partial charge in [-0.15, -0.1) is 0 Å². The summed E-state index contributed by atoms with van der Waals surface area (Å²) in [6.07, 6.45) is -0.527. The molecule has 0 aliphatic carbocycles. The lowest BCUT2D eigenvalue weighted by Crippen LogP contribution is -2.18. The lowest BCUT2D eigenvalue weighted by Gasteiger charge is -2.18. The van der Waals surface area contributed by atoms with E-state index in [-0.39, 0.29) is 5.78 Å². The zero-order valence-corrected chi connectivity index (χ0v) is 12.0. The van der Waals surface area contributed by atoms with Gasteiger partial charge in [-0.3, -0.25) is 4.79 Å². The number of hydrogen-bond donors (Lipinski definition) is 0. The summed E-state index contributed by atoms with van der Waals surface area (Å²) in [6, 6.07) is 19.0. The van der Waals surface area contributed by atoms with Crippen LogP contribution in [0, 0.1) is 5.92 Å². The van der Waals surface area contributed by atoms with Crippen LogP contribution in [0.15, 0.2) is 60.7 Å². The largest absolute Gasteiger partial charge is 0.365 e. The fourth-order valence-corrected chi connectivity index (χ4v) is 1.99. The Labute approximate surface area is 120 Å². The molecule has 2 aromatic rings. The third-order valence-electron chi connectivity index (χ3n) is 2.99. The quantitative estimate of drug-likeness (QED) is 0.731. The molecule has 0 radical (unpaired) electrons. The average molecular weight is 268 g/mol. The number of carbonyl (C=O) groups is 1. The Bertz CT molecular complexity index is 532. The van der Waals surface area contributed by atoms with Crippen LogP contribution < -0.4 is 0 Å².